The van der Waals surface area contributed by atoms with Crippen LogP contribution in [-0.2, 0) is 11.3 Å². The van der Waals surface area contributed by atoms with Crippen molar-refractivity contribution in [2.75, 3.05) is 13.1 Å². The Labute approximate surface area is 109 Å². The van der Waals surface area contributed by atoms with Crippen LogP contribution in [0.1, 0.15) is 12.0 Å². The SMILES string of the molecule is C1=C[C@H]2[C@H](OCc3ccccc3)C=CCN2CC1. The van der Waals surface area contributed by atoms with E-state index in [9.17, 15) is 0 Å². The van der Waals surface area contributed by atoms with E-state index < -0.39 is 0 Å². The molecule has 0 radical (unpaired) electrons. The number of hydrogen-bond donors (Lipinski definition) is 0. The Morgan fingerprint density at radius 2 is 2.00 bits per heavy atom. The molecule has 2 heterocycles. The van der Waals surface area contributed by atoms with Gasteiger partial charge in [-0.3, -0.25) is 4.90 Å². The van der Waals surface area contributed by atoms with Gasteiger partial charge in [-0.2, -0.15) is 0 Å². The molecule has 1 aromatic carbocycles. The number of hydrogen-bond acceptors (Lipinski definition) is 2. The number of nitrogens with zero attached hydrogens (tertiary/aromatic N) is 1. The fourth-order valence-electron chi connectivity index (χ4n) is 2.64. The van der Waals surface area contributed by atoms with Crippen LogP contribution in [0.15, 0.2) is 54.6 Å². The van der Waals surface area contributed by atoms with Gasteiger partial charge in [0.1, 0.15) is 0 Å². The molecule has 2 heteroatoms. The van der Waals surface area contributed by atoms with Gasteiger partial charge >= 0.3 is 0 Å². The summed E-state index contributed by atoms with van der Waals surface area (Å²) in [5.41, 5.74) is 1.24. The van der Waals surface area contributed by atoms with Gasteiger partial charge in [0.15, 0.2) is 0 Å². The lowest BCUT2D eigenvalue weighted by Crippen LogP contribution is -2.47. The van der Waals surface area contributed by atoms with E-state index in [1.54, 1.807) is 0 Å². The fourth-order valence-corrected chi connectivity index (χ4v) is 2.64. The van der Waals surface area contributed by atoms with Gasteiger partial charge in [0.2, 0.25) is 0 Å². The molecule has 2 aliphatic heterocycles. The summed E-state index contributed by atoms with van der Waals surface area (Å²) in [5.74, 6) is 0. The summed E-state index contributed by atoms with van der Waals surface area (Å²) in [5, 5.41) is 0. The van der Waals surface area contributed by atoms with Crippen molar-refractivity contribution in [3.05, 3.63) is 60.2 Å². The Morgan fingerprint density at radius 3 is 2.89 bits per heavy atom. The van der Waals surface area contributed by atoms with Crippen molar-refractivity contribution in [3.8, 4) is 0 Å². The predicted molar refractivity (Wildman–Crippen MR) is 73.3 cm³/mol. The summed E-state index contributed by atoms with van der Waals surface area (Å²) in [7, 11) is 0. The van der Waals surface area contributed by atoms with Gasteiger partial charge in [-0.05, 0) is 12.0 Å². The van der Waals surface area contributed by atoms with Gasteiger partial charge in [0.25, 0.3) is 0 Å². The summed E-state index contributed by atoms with van der Waals surface area (Å²) in [6, 6.07) is 10.8. The molecule has 0 aromatic heterocycles. The third-order valence-electron chi connectivity index (χ3n) is 3.63. The molecule has 0 N–H and O–H groups in total. The standard InChI is InChI=1S/C16H19NO/c1-2-7-14(8-3-1)13-18-16-10-6-12-17-11-5-4-9-15(16)17/h1-4,6-10,15-16H,5,11-13H2/t15-,16+/m0/s1. The molecule has 0 unspecified atom stereocenters. The van der Waals surface area contributed by atoms with Crippen LogP contribution in [0.25, 0.3) is 0 Å². The Kier molecular flexibility index (Phi) is 3.58. The predicted octanol–water partition coefficient (Wildman–Crippen LogP) is 2.77. The molecule has 18 heavy (non-hydrogen) atoms. The topological polar surface area (TPSA) is 12.5 Å². The van der Waals surface area contributed by atoms with Crippen LogP contribution in [0.5, 0.6) is 0 Å². The minimum Gasteiger partial charge on any atom is -0.367 e. The van der Waals surface area contributed by atoms with E-state index >= 15 is 0 Å². The summed E-state index contributed by atoms with van der Waals surface area (Å²) in [6.07, 6.45) is 10.4. The monoisotopic (exact) mass is 241 g/mol. The normalized spacial score (nSPS) is 27.1. The largest absolute Gasteiger partial charge is 0.367 e. The first-order valence-electron chi connectivity index (χ1n) is 6.66. The molecule has 2 nitrogen and oxygen atoms in total. The van der Waals surface area contributed by atoms with Crippen LogP contribution in [-0.4, -0.2) is 30.1 Å². The zero-order chi connectivity index (χ0) is 12.2. The van der Waals surface area contributed by atoms with Crippen LogP contribution < -0.4 is 0 Å². The van der Waals surface area contributed by atoms with Crippen molar-refractivity contribution in [2.45, 2.75) is 25.2 Å². The summed E-state index contributed by atoms with van der Waals surface area (Å²) in [6.45, 7) is 2.89. The molecular weight excluding hydrogens is 222 g/mol. The molecule has 0 spiro atoms. The molecule has 2 atom stereocenters. The van der Waals surface area contributed by atoms with E-state index in [1.165, 1.54) is 5.56 Å². The number of benzene rings is 1. The maximum atomic E-state index is 6.06. The highest BCUT2D eigenvalue weighted by molar-refractivity contribution is 5.16. The Hall–Kier alpha value is -1.38. The Bertz CT molecular complexity index is 438. The first kappa shape index (κ1) is 11.7. The zero-order valence-electron chi connectivity index (χ0n) is 10.5. The van der Waals surface area contributed by atoms with Crippen molar-refractivity contribution in [3.63, 3.8) is 0 Å². The number of fused-ring (bicyclic) bond motifs is 1. The van der Waals surface area contributed by atoms with Gasteiger partial charge in [0, 0.05) is 13.1 Å². The van der Waals surface area contributed by atoms with Crippen molar-refractivity contribution < 1.29 is 4.74 Å². The molecule has 0 amide bonds. The minimum atomic E-state index is 0.190. The van der Waals surface area contributed by atoms with Crippen LogP contribution >= 0.6 is 0 Å². The van der Waals surface area contributed by atoms with E-state index in [2.05, 4.69) is 53.5 Å². The lowest BCUT2D eigenvalue weighted by Gasteiger charge is -2.38. The second-order valence-corrected chi connectivity index (χ2v) is 4.89. The zero-order valence-corrected chi connectivity index (χ0v) is 10.5. The average Bonchev–Trinajstić information content (AvgIpc) is 2.46. The van der Waals surface area contributed by atoms with Gasteiger partial charge in [0.05, 0.1) is 18.8 Å². The number of rotatable bonds is 3. The lowest BCUT2D eigenvalue weighted by atomic mass is 10.0. The fraction of sp³-hybridized carbons (Fsp3) is 0.375. The van der Waals surface area contributed by atoms with Gasteiger partial charge in [-0.1, -0.05) is 54.6 Å². The average molecular weight is 241 g/mol. The first-order chi connectivity index (χ1) is 8.93. The third-order valence-corrected chi connectivity index (χ3v) is 3.63. The second kappa shape index (κ2) is 5.51. The quantitative estimate of drug-likeness (QED) is 0.754. The molecule has 0 bridgehead atoms. The molecule has 0 fully saturated rings. The summed E-state index contributed by atoms with van der Waals surface area (Å²) < 4.78 is 6.06. The molecule has 1 aromatic rings. The van der Waals surface area contributed by atoms with Crippen molar-refractivity contribution in [1.29, 1.82) is 0 Å². The van der Waals surface area contributed by atoms with Crippen LogP contribution in [0.3, 0.4) is 0 Å². The van der Waals surface area contributed by atoms with Crippen LogP contribution in [0.4, 0.5) is 0 Å². The van der Waals surface area contributed by atoms with Crippen molar-refractivity contribution in [2.24, 2.45) is 0 Å². The Morgan fingerprint density at radius 1 is 1.11 bits per heavy atom. The lowest BCUT2D eigenvalue weighted by molar-refractivity contribution is 0.0144. The summed E-state index contributed by atoms with van der Waals surface area (Å²) >= 11 is 0. The van der Waals surface area contributed by atoms with E-state index in [1.807, 2.05) is 6.07 Å². The van der Waals surface area contributed by atoms with E-state index in [-0.39, 0.29) is 6.10 Å². The second-order valence-electron chi connectivity index (χ2n) is 4.89. The van der Waals surface area contributed by atoms with Crippen molar-refractivity contribution in [1.82, 2.24) is 4.90 Å². The number of ether oxygens (including phenoxy) is 1. The maximum absolute atomic E-state index is 6.06. The summed E-state index contributed by atoms with van der Waals surface area (Å²) in [4.78, 5) is 2.48. The van der Waals surface area contributed by atoms with Crippen LogP contribution in [0.2, 0.25) is 0 Å². The van der Waals surface area contributed by atoms with E-state index in [0.29, 0.717) is 12.6 Å². The van der Waals surface area contributed by atoms with Crippen LogP contribution in [0, 0.1) is 0 Å². The molecule has 0 saturated heterocycles. The molecule has 2 aliphatic rings. The van der Waals surface area contributed by atoms with E-state index in [4.69, 9.17) is 4.74 Å². The highest BCUT2D eigenvalue weighted by atomic mass is 16.5. The van der Waals surface area contributed by atoms with Gasteiger partial charge in [-0.25, -0.2) is 0 Å². The highest BCUT2D eigenvalue weighted by Crippen LogP contribution is 2.21. The van der Waals surface area contributed by atoms with E-state index in [0.717, 1.165) is 19.5 Å². The maximum Gasteiger partial charge on any atom is 0.0951 e. The minimum absolute atomic E-state index is 0.190. The molecule has 94 valence electrons. The Balaban J connectivity index is 1.65. The van der Waals surface area contributed by atoms with Gasteiger partial charge < -0.3 is 4.74 Å². The molecule has 0 saturated carbocycles. The third kappa shape index (κ3) is 2.55. The van der Waals surface area contributed by atoms with Crippen molar-refractivity contribution >= 4 is 0 Å². The molecular formula is C16H19NO. The molecule has 0 aliphatic carbocycles. The van der Waals surface area contributed by atoms with Gasteiger partial charge in [-0.15, -0.1) is 0 Å². The smallest absolute Gasteiger partial charge is 0.0951 e. The highest BCUT2D eigenvalue weighted by Gasteiger charge is 2.28. The molecule has 3 rings (SSSR count). The first-order valence-corrected chi connectivity index (χ1v) is 6.66.